The smallest absolute Gasteiger partial charge is 0.0490 e. The number of aromatic nitrogens is 2. The second kappa shape index (κ2) is 5.57. The van der Waals surface area contributed by atoms with Crippen LogP contribution in [0.5, 0.6) is 0 Å². The van der Waals surface area contributed by atoms with Crippen molar-refractivity contribution in [3.8, 4) is 0 Å². The van der Waals surface area contributed by atoms with Crippen LogP contribution in [0.3, 0.4) is 0 Å². The molecule has 1 atom stereocenters. The first kappa shape index (κ1) is 13.8. The molecule has 0 aliphatic rings. The van der Waals surface area contributed by atoms with Crippen LogP contribution in [-0.2, 0) is 12.0 Å². The van der Waals surface area contributed by atoms with Crippen LogP contribution in [0.1, 0.15) is 50.6 Å². The summed E-state index contributed by atoms with van der Waals surface area (Å²) in [5.74, 6) is 0. The lowest BCUT2D eigenvalue weighted by atomic mass is 9.86. The van der Waals surface area contributed by atoms with Crippen LogP contribution in [0.2, 0.25) is 0 Å². The minimum atomic E-state index is 0.213. The molecular weight excluding hydrogens is 234 g/mol. The molecule has 1 unspecified atom stereocenters. The van der Waals surface area contributed by atoms with Gasteiger partial charge in [0.1, 0.15) is 0 Å². The SMILES string of the molecule is CC(NCc1ccn[nH]1)c1ccc(C(C)(C)C)cc1. The highest BCUT2D eigenvalue weighted by Gasteiger charge is 2.13. The Hall–Kier alpha value is -1.61. The first-order valence-electron chi connectivity index (χ1n) is 6.79. The molecule has 1 aromatic heterocycles. The molecule has 102 valence electrons. The van der Waals surface area contributed by atoms with E-state index in [2.05, 4.69) is 67.5 Å². The molecule has 19 heavy (non-hydrogen) atoms. The molecule has 2 N–H and O–H groups in total. The van der Waals surface area contributed by atoms with Crippen molar-refractivity contribution >= 4 is 0 Å². The van der Waals surface area contributed by atoms with Gasteiger partial charge in [-0.25, -0.2) is 0 Å². The van der Waals surface area contributed by atoms with Crippen molar-refractivity contribution in [3.63, 3.8) is 0 Å². The first-order chi connectivity index (χ1) is 8.97. The molecule has 0 saturated heterocycles. The number of rotatable bonds is 4. The van der Waals surface area contributed by atoms with E-state index in [0.29, 0.717) is 6.04 Å². The number of benzene rings is 1. The highest BCUT2D eigenvalue weighted by atomic mass is 15.1. The van der Waals surface area contributed by atoms with Gasteiger partial charge in [-0.3, -0.25) is 5.10 Å². The number of nitrogens with one attached hydrogen (secondary N) is 2. The van der Waals surface area contributed by atoms with E-state index in [1.165, 1.54) is 11.1 Å². The summed E-state index contributed by atoms with van der Waals surface area (Å²) in [4.78, 5) is 0. The summed E-state index contributed by atoms with van der Waals surface area (Å²) in [5.41, 5.74) is 4.01. The van der Waals surface area contributed by atoms with Crippen LogP contribution in [0.15, 0.2) is 36.5 Å². The molecule has 2 rings (SSSR count). The predicted molar refractivity (Wildman–Crippen MR) is 79.0 cm³/mol. The van der Waals surface area contributed by atoms with E-state index in [1.807, 2.05) is 6.07 Å². The molecule has 0 aliphatic carbocycles. The van der Waals surface area contributed by atoms with Gasteiger partial charge in [0.15, 0.2) is 0 Å². The Morgan fingerprint density at radius 2 is 1.84 bits per heavy atom. The maximum absolute atomic E-state index is 3.95. The van der Waals surface area contributed by atoms with E-state index < -0.39 is 0 Å². The third kappa shape index (κ3) is 3.67. The Bertz CT molecular complexity index is 492. The summed E-state index contributed by atoms with van der Waals surface area (Å²) in [7, 11) is 0. The fraction of sp³-hybridized carbons (Fsp3) is 0.438. The van der Waals surface area contributed by atoms with Gasteiger partial charge >= 0.3 is 0 Å². The second-order valence-corrected chi connectivity index (χ2v) is 6.06. The Labute approximate surface area is 115 Å². The van der Waals surface area contributed by atoms with Crippen molar-refractivity contribution in [2.45, 2.75) is 45.7 Å². The largest absolute Gasteiger partial charge is 0.305 e. The fourth-order valence-corrected chi connectivity index (χ4v) is 2.04. The molecule has 0 radical (unpaired) electrons. The third-order valence-corrected chi connectivity index (χ3v) is 3.43. The molecular formula is C16H23N3. The molecule has 3 heteroatoms. The minimum Gasteiger partial charge on any atom is -0.305 e. The lowest BCUT2D eigenvalue weighted by molar-refractivity contribution is 0.563. The molecule has 0 saturated carbocycles. The van der Waals surface area contributed by atoms with Gasteiger partial charge in [-0.05, 0) is 29.5 Å². The quantitative estimate of drug-likeness (QED) is 0.879. The monoisotopic (exact) mass is 257 g/mol. The van der Waals surface area contributed by atoms with Gasteiger partial charge in [-0.2, -0.15) is 5.10 Å². The Morgan fingerprint density at radius 3 is 2.37 bits per heavy atom. The molecule has 0 bridgehead atoms. The molecule has 0 fully saturated rings. The van der Waals surface area contributed by atoms with Crippen molar-refractivity contribution in [1.82, 2.24) is 15.5 Å². The van der Waals surface area contributed by atoms with E-state index in [-0.39, 0.29) is 5.41 Å². The molecule has 0 amide bonds. The van der Waals surface area contributed by atoms with E-state index in [0.717, 1.165) is 12.2 Å². The van der Waals surface area contributed by atoms with Gasteiger partial charge in [0.05, 0.1) is 0 Å². The zero-order valence-corrected chi connectivity index (χ0v) is 12.2. The second-order valence-electron chi connectivity index (χ2n) is 6.06. The molecule has 0 spiro atoms. The normalized spacial score (nSPS) is 13.5. The van der Waals surface area contributed by atoms with Crippen molar-refractivity contribution < 1.29 is 0 Å². The number of H-pyrrole nitrogens is 1. The zero-order valence-electron chi connectivity index (χ0n) is 12.2. The number of nitrogens with zero attached hydrogens (tertiary/aromatic N) is 1. The molecule has 2 aromatic rings. The topological polar surface area (TPSA) is 40.7 Å². The summed E-state index contributed by atoms with van der Waals surface area (Å²) in [6, 6.07) is 11.2. The van der Waals surface area contributed by atoms with Crippen molar-refractivity contribution in [2.24, 2.45) is 0 Å². The van der Waals surface area contributed by atoms with E-state index in [4.69, 9.17) is 0 Å². The Kier molecular flexibility index (Phi) is 4.05. The number of hydrogen-bond donors (Lipinski definition) is 2. The minimum absolute atomic E-state index is 0.213. The van der Waals surface area contributed by atoms with Crippen molar-refractivity contribution in [2.75, 3.05) is 0 Å². The molecule has 1 heterocycles. The van der Waals surface area contributed by atoms with Gasteiger partial charge in [0, 0.05) is 24.5 Å². The number of aromatic amines is 1. The lowest BCUT2D eigenvalue weighted by Gasteiger charge is -2.20. The fourth-order valence-electron chi connectivity index (χ4n) is 2.04. The Morgan fingerprint density at radius 1 is 1.16 bits per heavy atom. The highest BCUT2D eigenvalue weighted by molar-refractivity contribution is 5.29. The van der Waals surface area contributed by atoms with E-state index in [1.54, 1.807) is 6.20 Å². The summed E-state index contributed by atoms with van der Waals surface area (Å²) >= 11 is 0. The van der Waals surface area contributed by atoms with E-state index in [9.17, 15) is 0 Å². The highest BCUT2D eigenvalue weighted by Crippen LogP contribution is 2.23. The van der Waals surface area contributed by atoms with E-state index >= 15 is 0 Å². The third-order valence-electron chi connectivity index (χ3n) is 3.43. The molecule has 1 aromatic carbocycles. The lowest BCUT2D eigenvalue weighted by Crippen LogP contribution is -2.18. The van der Waals surface area contributed by atoms with Crippen LogP contribution in [-0.4, -0.2) is 10.2 Å². The summed E-state index contributed by atoms with van der Waals surface area (Å²) in [6.07, 6.45) is 1.78. The first-order valence-corrected chi connectivity index (χ1v) is 6.79. The summed E-state index contributed by atoms with van der Waals surface area (Å²) in [6.45, 7) is 9.70. The van der Waals surface area contributed by atoms with Crippen LogP contribution < -0.4 is 5.32 Å². The zero-order chi connectivity index (χ0) is 13.9. The summed E-state index contributed by atoms with van der Waals surface area (Å²) in [5, 5.41) is 10.4. The van der Waals surface area contributed by atoms with Crippen LogP contribution >= 0.6 is 0 Å². The summed E-state index contributed by atoms with van der Waals surface area (Å²) < 4.78 is 0. The van der Waals surface area contributed by atoms with Crippen molar-refractivity contribution in [1.29, 1.82) is 0 Å². The Balaban J connectivity index is 1.97. The van der Waals surface area contributed by atoms with Crippen LogP contribution in [0, 0.1) is 0 Å². The molecule has 3 nitrogen and oxygen atoms in total. The maximum atomic E-state index is 3.95. The van der Waals surface area contributed by atoms with Gasteiger partial charge in [-0.1, -0.05) is 45.0 Å². The van der Waals surface area contributed by atoms with Crippen LogP contribution in [0.25, 0.3) is 0 Å². The van der Waals surface area contributed by atoms with Crippen LogP contribution in [0.4, 0.5) is 0 Å². The van der Waals surface area contributed by atoms with Gasteiger partial charge in [-0.15, -0.1) is 0 Å². The maximum Gasteiger partial charge on any atom is 0.0490 e. The van der Waals surface area contributed by atoms with Gasteiger partial charge < -0.3 is 5.32 Å². The van der Waals surface area contributed by atoms with Gasteiger partial charge in [0.2, 0.25) is 0 Å². The average molecular weight is 257 g/mol. The average Bonchev–Trinajstić information content (AvgIpc) is 2.88. The predicted octanol–water partition coefficient (Wildman–Crippen LogP) is 3.56. The number of hydrogen-bond acceptors (Lipinski definition) is 2. The molecule has 0 aliphatic heterocycles. The van der Waals surface area contributed by atoms with Gasteiger partial charge in [0.25, 0.3) is 0 Å². The standard InChI is InChI=1S/C16H23N3/c1-12(17-11-15-9-10-18-19-15)13-5-7-14(8-6-13)16(2,3)4/h5-10,12,17H,11H2,1-4H3,(H,18,19). The van der Waals surface area contributed by atoms with Crippen molar-refractivity contribution in [3.05, 3.63) is 53.3 Å².